The maximum Gasteiger partial charge on any atom is 0.143 e. The van der Waals surface area contributed by atoms with Crippen LogP contribution in [-0.2, 0) is 4.79 Å². The van der Waals surface area contributed by atoms with Crippen LogP contribution in [0.25, 0.3) is 0 Å². The van der Waals surface area contributed by atoms with Crippen molar-refractivity contribution in [3.63, 3.8) is 0 Å². The van der Waals surface area contributed by atoms with E-state index < -0.39 is 0 Å². The molecule has 4 nitrogen and oxygen atoms in total. The molecule has 1 unspecified atom stereocenters. The summed E-state index contributed by atoms with van der Waals surface area (Å²) in [6, 6.07) is 0.422. The van der Waals surface area contributed by atoms with Gasteiger partial charge >= 0.3 is 0 Å². The second kappa shape index (κ2) is 5.65. The summed E-state index contributed by atoms with van der Waals surface area (Å²) < 4.78 is 2.08. The first-order chi connectivity index (χ1) is 8.56. The van der Waals surface area contributed by atoms with Gasteiger partial charge in [0.1, 0.15) is 5.78 Å². The van der Waals surface area contributed by atoms with Crippen LogP contribution in [0.15, 0.2) is 12.4 Å². The Morgan fingerprint density at radius 3 is 2.94 bits per heavy atom. The molecule has 2 rings (SSSR count). The van der Waals surface area contributed by atoms with Crippen molar-refractivity contribution in [1.82, 2.24) is 14.7 Å². The van der Waals surface area contributed by atoms with E-state index in [0.29, 0.717) is 18.5 Å². The number of carbonyl (C=O) groups excluding carboxylic acids is 1. The van der Waals surface area contributed by atoms with Crippen molar-refractivity contribution in [2.75, 3.05) is 19.6 Å². The summed E-state index contributed by atoms with van der Waals surface area (Å²) in [5, 5.41) is 4.48. The number of rotatable bonds is 4. The number of likely N-dealkylation sites (tertiary alicyclic amines) is 1. The topological polar surface area (TPSA) is 38.1 Å². The molecule has 0 bridgehead atoms. The molecule has 1 saturated heterocycles. The van der Waals surface area contributed by atoms with Gasteiger partial charge in [-0.2, -0.15) is 5.10 Å². The maximum atomic E-state index is 11.2. The second-order valence-electron chi connectivity index (χ2n) is 5.64. The fraction of sp³-hybridized carbons (Fsp3) is 0.714. The molecule has 1 aromatic rings. The first-order valence-corrected chi connectivity index (χ1v) is 6.82. The van der Waals surface area contributed by atoms with E-state index in [1.807, 2.05) is 6.20 Å². The Bertz CT molecular complexity index is 411. The number of carbonyl (C=O) groups is 1. The van der Waals surface area contributed by atoms with Crippen LogP contribution in [0.5, 0.6) is 0 Å². The number of piperidine rings is 1. The van der Waals surface area contributed by atoms with Gasteiger partial charge in [-0.3, -0.25) is 14.4 Å². The van der Waals surface area contributed by atoms with E-state index in [1.54, 1.807) is 6.92 Å². The van der Waals surface area contributed by atoms with Crippen molar-refractivity contribution in [2.45, 2.75) is 45.6 Å². The summed E-state index contributed by atoms with van der Waals surface area (Å²) in [7, 11) is 0. The fourth-order valence-electron chi connectivity index (χ4n) is 2.56. The number of hydrogen-bond acceptors (Lipinski definition) is 3. The molecule has 2 heterocycles. The minimum atomic E-state index is 0.249. The molecule has 1 aliphatic heterocycles. The van der Waals surface area contributed by atoms with Gasteiger partial charge in [-0.05, 0) is 37.8 Å². The highest BCUT2D eigenvalue weighted by atomic mass is 16.1. The average molecular weight is 249 g/mol. The van der Waals surface area contributed by atoms with Crippen LogP contribution in [0.3, 0.4) is 0 Å². The number of nitrogens with zero attached hydrogens (tertiary/aromatic N) is 3. The maximum absolute atomic E-state index is 11.2. The van der Waals surface area contributed by atoms with Crippen LogP contribution in [0.2, 0.25) is 0 Å². The van der Waals surface area contributed by atoms with E-state index in [2.05, 4.69) is 34.7 Å². The van der Waals surface area contributed by atoms with Crippen LogP contribution < -0.4 is 0 Å². The van der Waals surface area contributed by atoms with Gasteiger partial charge in [-0.25, -0.2) is 0 Å². The number of ketones is 1. The first-order valence-electron chi connectivity index (χ1n) is 6.82. The molecule has 0 spiro atoms. The zero-order valence-corrected chi connectivity index (χ0v) is 11.6. The number of aromatic nitrogens is 2. The van der Waals surface area contributed by atoms with Gasteiger partial charge in [0.2, 0.25) is 0 Å². The van der Waals surface area contributed by atoms with Gasteiger partial charge in [0.15, 0.2) is 0 Å². The summed E-state index contributed by atoms with van der Waals surface area (Å²) >= 11 is 0. The van der Waals surface area contributed by atoms with Crippen molar-refractivity contribution in [2.24, 2.45) is 0 Å². The van der Waals surface area contributed by atoms with Crippen molar-refractivity contribution >= 4 is 5.78 Å². The van der Waals surface area contributed by atoms with Crippen LogP contribution in [0.4, 0.5) is 0 Å². The third kappa shape index (κ3) is 3.19. The second-order valence-corrected chi connectivity index (χ2v) is 5.64. The van der Waals surface area contributed by atoms with Crippen molar-refractivity contribution < 1.29 is 4.79 Å². The van der Waals surface area contributed by atoms with Gasteiger partial charge in [0.25, 0.3) is 0 Å². The van der Waals surface area contributed by atoms with E-state index >= 15 is 0 Å². The Labute approximate surface area is 109 Å². The summed E-state index contributed by atoms with van der Waals surface area (Å²) in [5.74, 6) is 0.773. The quantitative estimate of drug-likeness (QED) is 0.821. The van der Waals surface area contributed by atoms with E-state index in [4.69, 9.17) is 0 Å². The molecule has 1 atom stereocenters. The molecule has 0 aliphatic carbocycles. The van der Waals surface area contributed by atoms with Crippen molar-refractivity contribution in [1.29, 1.82) is 0 Å². The highest BCUT2D eigenvalue weighted by molar-refractivity contribution is 5.77. The first kappa shape index (κ1) is 13.3. The van der Waals surface area contributed by atoms with Gasteiger partial charge < -0.3 is 0 Å². The molecule has 0 amide bonds. The predicted octanol–water partition coefficient (Wildman–Crippen LogP) is 2.23. The van der Waals surface area contributed by atoms with Gasteiger partial charge in [-0.1, -0.05) is 13.8 Å². The Morgan fingerprint density at radius 1 is 1.56 bits per heavy atom. The monoisotopic (exact) mass is 249 g/mol. The van der Waals surface area contributed by atoms with Crippen molar-refractivity contribution in [3.8, 4) is 0 Å². The van der Waals surface area contributed by atoms with Crippen LogP contribution in [0.1, 0.15) is 51.1 Å². The summed E-state index contributed by atoms with van der Waals surface area (Å²) in [5.41, 5.74) is 1.29. The molecule has 1 fully saturated rings. The largest absolute Gasteiger partial charge is 0.299 e. The molecule has 0 aromatic carbocycles. The van der Waals surface area contributed by atoms with E-state index in [1.165, 1.54) is 5.56 Å². The molecule has 4 heteroatoms. The minimum absolute atomic E-state index is 0.249. The lowest BCUT2D eigenvalue weighted by Crippen LogP contribution is -2.39. The highest BCUT2D eigenvalue weighted by Crippen LogP contribution is 2.22. The number of hydrogen-bond donors (Lipinski definition) is 0. The molecule has 1 aliphatic rings. The van der Waals surface area contributed by atoms with E-state index in [9.17, 15) is 4.79 Å². The summed E-state index contributed by atoms with van der Waals surface area (Å²) in [6.45, 7) is 8.59. The normalized spacial score (nSPS) is 21.4. The molecule has 0 saturated carbocycles. The third-order valence-corrected chi connectivity index (χ3v) is 3.59. The molecule has 0 radical (unpaired) electrons. The summed E-state index contributed by atoms with van der Waals surface area (Å²) in [4.78, 5) is 13.4. The lowest BCUT2D eigenvalue weighted by Gasteiger charge is -2.32. The van der Waals surface area contributed by atoms with Crippen LogP contribution in [0, 0.1) is 0 Å². The van der Waals surface area contributed by atoms with Gasteiger partial charge in [0, 0.05) is 12.7 Å². The van der Waals surface area contributed by atoms with Crippen LogP contribution in [-0.4, -0.2) is 40.1 Å². The van der Waals surface area contributed by atoms with Crippen LogP contribution >= 0.6 is 0 Å². The predicted molar refractivity (Wildman–Crippen MR) is 71.7 cm³/mol. The standard InChI is InChI=1S/C14H23N3O/c1-11(2)13-7-15-17(9-13)14-5-4-6-16(10-14)8-12(3)18/h7,9,11,14H,4-6,8,10H2,1-3H3. The SMILES string of the molecule is CC(=O)CN1CCCC(n2cc(C(C)C)cn2)C1. The van der Waals surface area contributed by atoms with E-state index in [0.717, 1.165) is 25.9 Å². The minimum Gasteiger partial charge on any atom is -0.299 e. The summed E-state index contributed by atoms with van der Waals surface area (Å²) in [6.07, 6.45) is 6.43. The lowest BCUT2D eigenvalue weighted by molar-refractivity contribution is -0.118. The molecular formula is C14H23N3O. The molecule has 100 valence electrons. The molecule has 0 N–H and O–H groups in total. The van der Waals surface area contributed by atoms with E-state index in [-0.39, 0.29) is 5.78 Å². The lowest BCUT2D eigenvalue weighted by atomic mass is 10.1. The Balaban J connectivity index is 2.01. The molecule has 18 heavy (non-hydrogen) atoms. The molecular weight excluding hydrogens is 226 g/mol. The third-order valence-electron chi connectivity index (χ3n) is 3.59. The smallest absolute Gasteiger partial charge is 0.143 e. The fourth-order valence-corrected chi connectivity index (χ4v) is 2.56. The zero-order valence-electron chi connectivity index (χ0n) is 11.6. The Hall–Kier alpha value is -1.16. The number of Topliss-reactive ketones (excluding diaryl/α,β-unsaturated/α-hetero) is 1. The highest BCUT2D eigenvalue weighted by Gasteiger charge is 2.22. The zero-order chi connectivity index (χ0) is 13.1. The van der Waals surface area contributed by atoms with Crippen molar-refractivity contribution in [3.05, 3.63) is 18.0 Å². The van der Waals surface area contributed by atoms with Gasteiger partial charge in [-0.15, -0.1) is 0 Å². The Morgan fingerprint density at radius 2 is 2.33 bits per heavy atom. The molecule has 1 aromatic heterocycles. The Kier molecular flexibility index (Phi) is 4.17. The average Bonchev–Trinajstić information content (AvgIpc) is 2.77. The van der Waals surface area contributed by atoms with Gasteiger partial charge in [0.05, 0.1) is 18.8 Å².